The normalized spacial score (nSPS) is 12.0. The van der Waals surface area contributed by atoms with Crippen molar-refractivity contribution < 1.29 is 18.7 Å². The zero-order valence-corrected chi connectivity index (χ0v) is 14.4. The summed E-state index contributed by atoms with van der Waals surface area (Å²) in [6.07, 6.45) is 1.88. The van der Waals surface area contributed by atoms with Gasteiger partial charge in [-0.25, -0.2) is 9.18 Å². The van der Waals surface area contributed by atoms with Crippen LogP contribution < -0.4 is 5.32 Å². The molecule has 4 nitrogen and oxygen atoms in total. The number of ether oxygens (including phenoxy) is 1. The molecule has 0 aliphatic rings. The van der Waals surface area contributed by atoms with Gasteiger partial charge in [-0.1, -0.05) is 28.1 Å². The van der Waals surface area contributed by atoms with E-state index < -0.39 is 23.8 Å². The van der Waals surface area contributed by atoms with Gasteiger partial charge in [0.15, 0.2) is 6.10 Å². The fraction of sp³-hybridized carbons (Fsp3) is 0.111. The van der Waals surface area contributed by atoms with Crippen molar-refractivity contribution in [3.05, 3.63) is 70.5 Å². The lowest BCUT2D eigenvalue weighted by Gasteiger charge is -2.12. The third-order valence-electron chi connectivity index (χ3n) is 3.06. The fourth-order valence-corrected chi connectivity index (χ4v) is 2.05. The van der Waals surface area contributed by atoms with Gasteiger partial charge in [0.05, 0.1) is 0 Å². The van der Waals surface area contributed by atoms with Crippen molar-refractivity contribution in [2.45, 2.75) is 13.0 Å². The van der Waals surface area contributed by atoms with Crippen molar-refractivity contribution >= 4 is 39.6 Å². The summed E-state index contributed by atoms with van der Waals surface area (Å²) < 4.78 is 18.8. The van der Waals surface area contributed by atoms with Crippen LogP contribution in [0.1, 0.15) is 12.5 Å². The minimum atomic E-state index is -0.975. The molecule has 0 bridgehead atoms. The van der Waals surface area contributed by atoms with E-state index in [1.54, 1.807) is 6.08 Å². The van der Waals surface area contributed by atoms with Crippen LogP contribution in [0.3, 0.4) is 0 Å². The van der Waals surface area contributed by atoms with E-state index in [1.807, 2.05) is 24.3 Å². The first-order valence-corrected chi connectivity index (χ1v) is 7.94. The van der Waals surface area contributed by atoms with Gasteiger partial charge in [-0.2, -0.15) is 0 Å². The monoisotopic (exact) mass is 391 g/mol. The van der Waals surface area contributed by atoms with E-state index in [4.69, 9.17) is 4.74 Å². The summed E-state index contributed by atoms with van der Waals surface area (Å²) in [7, 11) is 0. The Labute approximate surface area is 147 Å². The first kappa shape index (κ1) is 17.9. The van der Waals surface area contributed by atoms with E-state index in [1.165, 1.54) is 37.3 Å². The van der Waals surface area contributed by atoms with Gasteiger partial charge in [-0.05, 0) is 55.0 Å². The maximum Gasteiger partial charge on any atom is 0.331 e. The molecule has 24 heavy (non-hydrogen) atoms. The number of anilines is 1. The van der Waals surface area contributed by atoms with E-state index in [0.717, 1.165) is 10.0 Å². The van der Waals surface area contributed by atoms with Crippen molar-refractivity contribution in [3.63, 3.8) is 0 Å². The summed E-state index contributed by atoms with van der Waals surface area (Å²) in [6, 6.07) is 12.7. The highest BCUT2D eigenvalue weighted by molar-refractivity contribution is 9.10. The van der Waals surface area contributed by atoms with Crippen LogP contribution in [0.15, 0.2) is 59.1 Å². The number of benzene rings is 2. The second kappa shape index (κ2) is 8.40. The lowest BCUT2D eigenvalue weighted by atomic mass is 10.2. The summed E-state index contributed by atoms with van der Waals surface area (Å²) in [5, 5.41) is 2.54. The Bertz CT molecular complexity index is 742. The van der Waals surface area contributed by atoms with Crippen LogP contribution >= 0.6 is 15.9 Å². The molecule has 0 aromatic heterocycles. The molecule has 0 aliphatic carbocycles. The predicted molar refractivity (Wildman–Crippen MR) is 93.8 cm³/mol. The second-order valence-electron chi connectivity index (χ2n) is 4.96. The highest BCUT2D eigenvalue weighted by Gasteiger charge is 2.16. The number of amides is 1. The van der Waals surface area contributed by atoms with Crippen molar-refractivity contribution in [1.82, 2.24) is 0 Å². The molecule has 0 spiro atoms. The number of hydrogen-bond donors (Lipinski definition) is 1. The molecule has 1 amide bonds. The zero-order valence-electron chi connectivity index (χ0n) is 12.8. The van der Waals surface area contributed by atoms with Gasteiger partial charge in [0, 0.05) is 16.2 Å². The van der Waals surface area contributed by atoms with Crippen LogP contribution in [0, 0.1) is 5.82 Å². The van der Waals surface area contributed by atoms with Crippen molar-refractivity contribution in [3.8, 4) is 0 Å². The third kappa shape index (κ3) is 5.62. The maximum absolute atomic E-state index is 12.8. The van der Waals surface area contributed by atoms with E-state index in [2.05, 4.69) is 21.2 Å². The molecule has 2 aromatic rings. The zero-order chi connectivity index (χ0) is 17.5. The largest absolute Gasteiger partial charge is 0.449 e. The average Bonchev–Trinajstić information content (AvgIpc) is 2.56. The SMILES string of the molecule is C[C@H](OC(=O)/C=C/c1ccc(Br)cc1)C(=O)Nc1ccc(F)cc1. The molecule has 1 N–H and O–H groups in total. The molecular formula is C18H15BrFNO3. The minimum Gasteiger partial charge on any atom is -0.449 e. The lowest BCUT2D eigenvalue weighted by molar-refractivity contribution is -0.148. The minimum absolute atomic E-state index is 0.398. The quantitative estimate of drug-likeness (QED) is 0.614. The number of carbonyl (C=O) groups is 2. The molecule has 0 saturated carbocycles. The van der Waals surface area contributed by atoms with Crippen LogP contribution in [-0.4, -0.2) is 18.0 Å². The van der Waals surface area contributed by atoms with Crippen molar-refractivity contribution in [2.24, 2.45) is 0 Å². The van der Waals surface area contributed by atoms with Gasteiger partial charge in [0.25, 0.3) is 5.91 Å². The number of nitrogens with one attached hydrogen (secondary N) is 1. The predicted octanol–water partition coefficient (Wildman–Crippen LogP) is 4.17. The molecule has 0 aliphatic heterocycles. The standard InChI is InChI=1S/C18H15BrFNO3/c1-12(18(23)21-16-9-7-15(20)8-10-16)24-17(22)11-4-13-2-5-14(19)6-3-13/h2-12H,1H3,(H,21,23)/b11-4+/t12-/m0/s1. The van der Waals surface area contributed by atoms with Gasteiger partial charge in [-0.3, -0.25) is 4.79 Å². The Balaban J connectivity index is 1.87. The van der Waals surface area contributed by atoms with Crippen LogP contribution in [-0.2, 0) is 14.3 Å². The van der Waals surface area contributed by atoms with Gasteiger partial charge in [-0.15, -0.1) is 0 Å². The van der Waals surface area contributed by atoms with Gasteiger partial charge in [0.1, 0.15) is 5.82 Å². The van der Waals surface area contributed by atoms with E-state index in [0.29, 0.717) is 5.69 Å². The molecule has 6 heteroatoms. The first-order chi connectivity index (χ1) is 11.4. The molecule has 2 aromatic carbocycles. The van der Waals surface area contributed by atoms with Crippen LogP contribution in [0.2, 0.25) is 0 Å². The fourth-order valence-electron chi connectivity index (χ4n) is 1.78. The number of carbonyl (C=O) groups excluding carboxylic acids is 2. The lowest BCUT2D eigenvalue weighted by Crippen LogP contribution is -2.29. The summed E-state index contributed by atoms with van der Waals surface area (Å²) in [5.41, 5.74) is 1.26. The van der Waals surface area contributed by atoms with Crippen LogP contribution in [0.5, 0.6) is 0 Å². The Morgan fingerprint density at radius 1 is 1.12 bits per heavy atom. The molecule has 0 unspecified atom stereocenters. The molecule has 1 atom stereocenters. The smallest absolute Gasteiger partial charge is 0.331 e. The summed E-state index contributed by atoms with van der Waals surface area (Å²) in [5.74, 6) is -1.52. The number of halogens is 2. The molecule has 0 saturated heterocycles. The first-order valence-electron chi connectivity index (χ1n) is 7.15. The van der Waals surface area contributed by atoms with Gasteiger partial charge < -0.3 is 10.1 Å². The Morgan fingerprint density at radius 2 is 1.75 bits per heavy atom. The summed E-state index contributed by atoms with van der Waals surface area (Å²) in [4.78, 5) is 23.7. The average molecular weight is 392 g/mol. The topological polar surface area (TPSA) is 55.4 Å². The second-order valence-corrected chi connectivity index (χ2v) is 5.88. The van der Waals surface area contributed by atoms with Crippen molar-refractivity contribution in [2.75, 3.05) is 5.32 Å². The maximum atomic E-state index is 12.8. The molecular weight excluding hydrogens is 377 g/mol. The third-order valence-corrected chi connectivity index (χ3v) is 3.58. The molecule has 124 valence electrons. The van der Waals surface area contributed by atoms with Gasteiger partial charge >= 0.3 is 5.97 Å². The molecule has 2 rings (SSSR count). The Morgan fingerprint density at radius 3 is 2.38 bits per heavy atom. The summed E-state index contributed by atoms with van der Waals surface area (Å²) >= 11 is 3.32. The summed E-state index contributed by atoms with van der Waals surface area (Å²) in [6.45, 7) is 1.46. The van der Waals surface area contributed by atoms with E-state index in [9.17, 15) is 14.0 Å². The Kier molecular flexibility index (Phi) is 6.26. The highest BCUT2D eigenvalue weighted by atomic mass is 79.9. The van der Waals surface area contributed by atoms with E-state index in [-0.39, 0.29) is 0 Å². The Hall–Kier alpha value is -2.47. The molecule has 0 radical (unpaired) electrons. The van der Waals surface area contributed by atoms with Crippen LogP contribution in [0.25, 0.3) is 6.08 Å². The highest BCUT2D eigenvalue weighted by Crippen LogP contribution is 2.12. The van der Waals surface area contributed by atoms with Gasteiger partial charge in [0.2, 0.25) is 0 Å². The van der Waals surface area contributed by atoms with Crippen LogP contribution in [0.4, 0.5) is 10.1 Å². The number of esters is 1. The number of rotatable bonds is 5. The molecule has 0 heterocycles. The number of hydrogen-bond acceptors (Lipinski definition) is 3. The molecule has 0 fully saturated rings. The van der Waals surface area contributed by atoms with E-state index >= 15 is 0 Å². The van der Waals surface area contributed by atoms with Crippen molar-refractivity contribution in [1.29, 1.82) is 0 Å².